The summed E-state index contributed by atoms with van der Waals surface area (Å²) >= 11 is 0. The van der Waals surface area contributed by atoms with Gasteiger partial charge < -0.3 is 4.90 Å². The number of likely N-dealkylation sites (N-methyl/N-ethyl adjacent to an activating group) is 1. The summed E-state index contributed by atoms with van der Waals surface area (Å²) < 4.78 is 0. The molecule has 0 spiro atoms. The Kier molecular flexibility index (Phi) is 4.73. The van der Waals surface area contributed by atoms with Crippen LogP contribution in [0.3, 0.4) is 0 Å². The number of pyridine rings is 1. The molecule has 0 bridgehead atoms. The largest absolute Gasteiger partial charge is 0.345 e. The molecular weight excluding hydrogens is 260 g/mol. The zero-order valence-corrected chi connectivity index (χ0v) is 12.9. The summed E-state index contributed by atoms with van der Waals surface area (Å²) in [4.78, 5) is 18.8. The first-order valence-corrected chi connectivity index (χ1v) is 7.23. The van der Waals surface area contributed by atoms with Gasteiger partial charge in [-0.25, -0.2) is 0 Å². The molecule has 2 rings (SSSR count). The Morgan fingerprint density at radius 2 is 1.76 bits per heavy atom. The minimum atomic E-state index is -0.514. The molecule has 1 aromatic heterocycles. The van der Waals surface area contributed by atoms with Crippen LogP contribution < -0.4 is 0 Å². The number of carbonyl (C=O) groups excluding carboxylic acids is 1. The summed E-state index contributed by atoms with van der Waals surface area (Å²) in [6, 6.07) is 15.8. The molecule has 0 saturated heterocycles. The fourth-order valence-corrected chi connectivity index (χ4v) is 2.39. The normalized spacial score (nSPS) is 11.2. The van der Waals surface area contributed by atoms with Gasteiger partial charge in [-0.3, -0.25) is 9.78 Å². The van der Waals surface area contributed by atoms with Crippen molar-refractivity contribution < 1.29 is 4.79 Å². The Bertz CT molecular complexity index is 579. The maximum absolute atomic E-state index is 12.7. The Morgan fingerprint density at radius 3 is 2.38 bits per heavy atom. The lowest BCUT2D eigenvalue weighted by Gasteiger charge is -2.29. The van der Waals surface area contributed by atoms with E-state index in [1.807, 2.05) is 69.4 Å². The highest BCUT2D eigenvalue weighted by Crippen LogP contribution is 2.25. The number of carbonyl (C=O) groups is 1. The predicted octanol–water partition coefficient (Wildman–Crippen LogP) is 3.06. The van der Waals surface area contributed by atoms with Gasteiger partial charge in [-0.2, -0.15) is 0 Å². The first kappa shape index (κ1) is 15.2. The van der Waals surface area contributed by atoms with Crippen LogP contribution in [0.5, 0.6) is 0 Å². The second-order valence-corrected chi connectivity index (χ2v) is 5.79. The first-order valence-electron chi connectivity index (χ1n) is 7.23. The highest BCUT2D eigenvalue weighted by Gasteiger charge is 2.31. The van der Waals surface area contributed by atoms with Crippen molar-refractivity contribution in [2.75, 3.05) is 13.6 Å². The van der Waals surface area contributed by atoms with E-state index in [9.17, 15) is 4.79 Å². The summed E-state index contributed by atoms with van der Waals surface area (Å²) in [6.07, 6.45) is 2.55. The van der Waals surface area contributed by atoms with Crippen molar-refractivity contribution in [3.8, 4) is 0 Å². The van der Waals surface area contributed by atoms with Gasteiger partial charge >= 0.3 is 0 Å². The standard InChI is InChI=1S/C18H22N2O/c1-18(2,15-9-5-4-6-10-15)17(21)20(3)14-12-16-11-7-8-13-19-16/h4-11,13H,12,14H2,1-3H3. The minimum absolute atomic E-state index is 0.129. The second-order valence-electron chi connectivity index (χ2n) is 5.79. The van der Waals surface area contributed by atoms with E-state index in [4.69, 9.17) is 0 Å². The molecule has 0 aliphatic heterocycles. The second kappa shape index (κ2) is 6.53. The zero-order valence-electron chi connectivity index (χ0n) is 12.9. The Hall–Kier alpha value is -2.16. The number of hydrogen-bond acceptors (Lipinski definition) is 2. The van der Waals surface area contributed by atoms with E-state index in [1.54, 1.807) is 11.1 Å². The summed E-state index contributed by atoms with van der Waals surface area (Å²) in [6.45, 7) is 4.62. The van der Waals surface area contributed by atoms with Crippen LogP contribution in [0.25, 0.3) is 0 Å². The van der Waals surface area contributed by atoms with Crippen LogP contribution in [0, 0.1) is 0 Å². The van der Waals surface area contributed by atoms with Crippen LogP contribution in [-0.2, 0) is 16.6 Å². The lowest BCUT2D eigenvalue weighted by Crippen LogP contribution is -2.42. The van der Waals surface area contributed by atoms with Gasteiger partial charge in [0.05, 0.1) is 5.41 Å². The van der Waals surface area contributed by atoms with Crippen LogP contribution >= 0.6 is 0 Å². The fraction of sp³-hybridized carbons (Fsp3) is 0.333. The molecule has 3 heteroatoms. The van der Waals surface area contributed by atoms with Gasteiger partial charge in [-0.15, -0.1) is 0 Å². The summed E-state index contributed by atoms with van der Waals surface area (Å²) in [5.41, 5.74) is 1.54. The molecule has 0 radical (unpaired) electrons. The van der Waals surface area contributed by atoms with Crippen molar-refractivity contribution in [1.29, 1.82) is 0 Å². The van der Waals surface area contributed by atoms with Crippen molar-refractivity contribution in [2.24, 2.45) is 0 Å². The van der Waals surface area contributed by atoms with Crippen LogP contribution in [0.15, 0.2) is 54.7 Å². The monoisotopic (exact) mass is 282 g/mol. The van der Waals surface area contributed by atoms with Crippen LogP contribution in [0.2, 0.25) is 0 Å². The summed E-state index contributed by atoms with van der Waals surface area (Å²) in [7, 11) is 1.86. The lowest BCUT2D eigenvalue weighted by molar-refractivity contribution is -0.134. The number of benzene rings is 1. The highest BCUT2D eigenvalue weighted by atomic mass is 16.2. The molecule has 0 saturated carbocycles. The van der Waals surface area contributed by atoms with E-state index in [0.717, 1.165) is 17.7 Å². The number of amides is 1. The molecule has 1 heterocycles. The van der Waals surface area contributed by atoms with Crippen LogP contribution in [-0.4, -0.2) is 29.4 Å². The number of nitrogens with zero attached hydrogens (tertiary/aromatic N) is 2. The molecule has 21 heavy (non-hydrogen) atoms. The van der Waals surface area contributed by atoms with E-state index in [2.05, 4.69) is 4.98 Å². The van der Waals surface area contributed by atoms with E-state index in [1.165, 1.54) is 0 Å². The van der Waals surface area contributed by atoms with Crippen molar-refractivity contribution >= 4 is 5.91 Å². The van der Waals surface area contributed by atoms with Gasteiger partial charge in [0, 0.05) is 31.9 Å². The minimum Gasteiger partial charge on any atom is -0.345 e. The van der Waals surface area contributed by atoms with Crippen LogP contribution in [0.4, 0.5) is 0 Å². The number of aromatic nitrogens is 1. The Morgan fingerprint density at radius 1 is 1.10 bits per heavy atom. The number of rotatable bonds is 5. The molecule has 0 N–H and O–H groups in total. The maximum Gasteiger partial charge on any atom is 0.232 e. The maximum atomic E-state index is 12.7. The third kappa shape index (κ3) is 3.69. The van der Waals surface area contributed by atoms with E-state index >= 15 is 0 Å². The van der Waals surface area contributed by atoms with E-state index in [0.29, 0.717) is 6.54 Å². The fourth-order valence-electron chi connectivity index (χ4n) is 2.39. The molecule has 0 fully saturated rings. The zero-order chi connectivity index (χ0) is 15.3. The van der Waals surface area contributed by atoms with Gasteiger partial charge in [0.1, 0.15) is 0 Å². The first-order chi connectivity index (χ1) is 10.0. The summed E-state index contributed by atoms with van der Waals surface area (Å²) in [5.74, 6) is 0.129. The molecular formula is C18H22N2O. The third-order valence-electron chi connectivity index (χ3n) is 3.81. The smallest absolute Gasteiger partial charge is 0.232 e. The van der Waals surface area contributed by atoms with Gasteiger partial charge in [-0.05, 0) is 31.5 Å². The van der Waals surface area contributed by atoms with Crippen LogP contribution in [0.1, 0.15) is 25.1 Å². The van der Waals surface area contributed by atoms with E-state index in [-0.39, 0.29) is 5.91 Å². The SMILES string of the molecule is CN(CCc1ccccn1)C(=O)C(C)(C)c1ccccc1. The lowest BCUT2D eigenvalue weighted by atomic mass is 9.83. The van der Waals surface area contributed by atoms with Crippen molar-refractivity contribution in [3.05, 3.63) is 66.0 Å². The summed E-state index contributed by atoms with van der Waals surface area (Å²) in [5, 5.41) is 0. The van der Waals surface area contributed by atoms with Gasteiger partial charge in [-0.1, -0.05) is 36.4 Å². The Balaban J connectivity index is 2.02. The topological polar surface area (TPSA) is 33.2 Å². The van der Waals surface area contributed by atoms with Crippen molar-refractivity contribution in [1.82, 2.24) is 9.88 Å². The predicted molar refractivity (Wildman–Crippen MR) is 85.0 cm³/mol. The quantitative estimate of drug-likeness (QED) is 0.844. The molecule has 2 aromatic rings. The molecule has 0 aliphatic carbocycles. The van der Waals surface area contributed by atoms with Gasteiger partial charge in [0.25, 0.3) is 0 Å². The van der Waals surface area contributed by atoms with Crippen molar-refractivity contribution in [3.63, 3.8) is 0 Å². The van der Waals surface area contributed by atoms with E-state index < -0.39 is 5.41 Å². The van der Waals surface area contributed by atoms with Gasteiger partial charge in [0.2, 0.25) is 5.91 Å². The average molecular weight is 282 g/mol. The van der Waals surface area contributed by atoms with Crippen molar-refractivity contribution in [2.45, 2.75) is 25.7 Å². The molecule has 3 nitrogen and oxygen atoms in total. The number of hydrogen-bond donors (Lipinski definition) is 0. The Labute approximate surface area is 126 Å². The third-order valence-corrected chi connectivity index (χ3v) is 3.81. The molecule has 0 unspecified atom stereocenters. The molecule has 0 aliphatic rings. The molecule has 110 valence electrons. The van der Waals surface area contributed by atoms with Gasteiger partial charge in [0.15, 0.2) is 0 Å². The molecule has 1 amide bonds. The highest BCUT2D eigenvalue weighted by molar-refractivity contribution is 5.87. The molecule has 0 atom stereocenters. The molecule has 1 aromatic carbocycles. The average Bonchev–Trinajstić information content (AvgIpc) is 2.53.